The third kappa shape index (κ3) is 2.51. The second-order valence-corrected chi connectivity index (χ2v) is 4.27. The molecule has 0 bridgehead atoms. The fraction of sp³-hybridized carbons (Fsp3) is 0.500. The lowest BCUT2D eigenvalue weighted by Crippen LogP contribution is -2.07. The molecule has 0 spiro atoms. The fourth-order valence-corrected chi connectivity index (χ4v) is 1.95. The van der Waals surface area contributed by atoms with E-state index in [0.717, 1.165) is 5.92 Å². The van der Waals surface area contributed by atoms with Gasteiger partial charge in [-0.05, 0) is 30.9 Å². The molecule has 1 saturated carbocycles. The van der Waals surface area contributed by atoms with Crippen molar-refractivity contribution in [2.45, 2.75) is 32.2 Å². The predicted octanol–water partition coefficient (Wildman–Crippen LogP) is 2.38. The van der Waals surface area contributed by atoms with Crippen molar-refractivity contribution in [1.29, 1.82) is 0 Å². The van der Waals surface area contributed by atoms with Gasteiger partial charge < -0.3 is 10.4 Å². The van der Waals surface area contributed by atoms with Gasteiger partial charge in [0.1, 0.15) is 5.82 Å². The van der Waals surface area contributed by atoms with Crippen LogP contribution in [0.25, 0.3) is 0 Å². The highest BCUT2D eigenvalue weighted by atomic mass is 16.4. The minimum absolute atomic E-state index is 0.283. The zero-order valence-electron chi connectivity index (χ0n) is 9.31. The number of aromatic nitrogens is 1. The van der Waals surface area contributed by atoms with Crippen LogP contribution < -0.4 is 5.32 Å². The molecule has 0 aromatic carbocycles. The van der Waals surface area contributed by atoms with Crippen LogP contribution in [-0.4, -0.2) is 22.1 Å². The van der Waals surface area contributed by atoms with Crippen molar-refractivity contribution >= 4 is 11.8 Å². The Morgan fingerprint density at radius 2 is 2.50 bits per heavy atom. The highest BCUT2D eigenvalue weighted by Crippen LogP contribution is 2.36. The number of anilines is 1. The van der Waals surface area contributed by atoms with Gasteiger partial charge in [-0.25, -0.2) is 9.78 Å². The van der Waals surface area contributed by atoms with Gasteiger partial charge in [0.15, 0.2) is 0 Å². The Balaban J connectivity index is 1.95. The number of nitrogens with one attached hydrogen (secondary N) is 1. The lowest BCUT2D eigenvalue weighted by molar-refractivity contribution is 0.0697. The molecule has 1 aromatic heterocycles. The summed E-state index contributed by atoms with van der Waals surface area (Å²) in [6, 6.07) is 3.57. The van der Waals surface area contributed by atoms with Crippen LogP contribution in [0.5, 0.6) is 0 Å². The Bertz CT molecular complexity index is 392. The van der Waals surface area contributed by atoms with Crippen LogP contribution in [0.4, 0.5) is 5.82 Å². The van der Waals surface area contributed by atoms with Crippen molar-refractivity contribution < 1.29 is 9.90 Å². The van der Waals surface area contributed by atoms with Crippen molar-refractivity contribution in [1.82, 2.24) is 4.98 Å². The summed E-state index contributed by atoms with van der Waals surface area (Å²) in [5.74, 6) is 0.496. The Kier molecular flexibility index (Phi) is 3.08. The highest BCUT2D eigenvalue weighted by Gasteiger charge is 2.36. The first-order valence-corrected chi connectivity index (χ1v) is 5.66. The molecule has 16 heavy (non-hydrogen) atoms. The zero-order chi connectivity index (χ0) is 11.5. The summed E-state index contributed by atoms with van der Waals surface area (Å²) in [6.45, 7) is 2.18. The molecule has 2 rings (SSSR count). The topological polar surface area (TPSA) is 62.2 Å². The fourth-order valence-electron chi connectivity index (χ4n) is 1.95. The second-order valence-electron chi connectivity index (χ2n) is 4.27. The van der Waals surface area contributed by atoms with Crippen molar-refractivity contribution in [2.24, 2.45) is 5.92 Å². The smallest absolute Gasteiger partial charge is 0.335 e. The molecule has 1 aliphatic rings. The summed E-state index contributed by atoms with van der Waals surface area (Å²) in [7, 11) is 0. The lowest BCUT2D eigenvalue weighted by atomic mass is 10.2. The molecule has 4 heteroatoms. The molecule has 0 saturated heterocycles. The first-order chi connectivity index (χ1) is 7.70. The third-order valence-electron chi connectivity index (χ3n) is 2.92. The molecular weight excluding hydrogens is 204 g/mol. The van der Waals surface area contributed by atoms with E-state index in [1.807, 2.05) is 0 Å². The summed E-state index contributed by atoms with van der Waals surface area (Å²) in [5, 5.41) is 12.1. The van der Waals surface area contributed by atoms with Crippen molar-refractivity contribution in [2.75, 3.05) is 5.32 Å². The molecular formula is C12H16N2O2. The number of carboxylic acid groups (broad SMARTS) is 1. The van der Waals surface area contributed by atoms with Gasteiger partial charge in [-0.2, -0.15) is 0 Å². The van der Waals surface area contributed by atoms with E-state index >= 15 is 0 Å². The van der Waals surface area contributed by atoms with Crippen molar-refractivity contribution in [3.8, 4) is 0 Å². The maximum absolute atomic E-state index is 10.8. The number of carboxylic acids is 1. The van der Waals surface area contributed by atoms with E-state index in [-0.39, 0.29) is 5.56 Å². The minimum atomic E-state index is -0.911. The van der Waals surface area contributed by atoms with E-state index in [2.05, 4.69) is 17.2 Å². The molecule has 0 aliphatic heterocycles. The Morgan fingerprint density at radius 3 is 3.19 bits per heavy atom. The first kappa shape index (κ1) is 10.9. The summed E-state index contributed by atoms with van der Waals surface area (Å²) < 4.78 is 0. The average molecular weight is 220 g/mol. The maximum atomic E-state index is 10.8. The number of aromatic carboxylic acids is 1. The molecule has 4 nitrogen and oxygen atoms in total. The molecule has 2 unspecified atom stereocenters. The number of carbonyl (C=O) groups is 1. The van der Waals surface area contributed by atoms with Crippen LogP contribution in [0.1, 0.15) is 36.5 Å². The van der Waals surface area contributed by atoms with Crippen LogP contribution in [0.15, 0.2) is 18.3 Å². The number of hydrogen-bond acceptors (Lipinski definition) is 3. The minimum Gasteiger partial charge on any atom is -0.478 e. The third-order valence-corrected chi connectivity index (χ3v) is 2.92. The lowest BCUT2D eigenvalue weighted by Gasteiger charge is -2.05. The van der Waals surface area contributed by atoms with E-state index in [0.29, 0.717) is 11.9 Å². The van der Waals surface area contributed by atoms with Crippen LogP contribution in [0, 0.1) is 5.92 Å². The Morgan fingerprint density at radius 1 is 1.69 bits per heavy atom. The van der Waals surface area contributed by atoms with Crippen LogP contribution >= 0.6 is 0 Å². The van der Waals surface area contributed by atoms with E-state index in [4.69, 9.17) is 5.11 Å². The highest BCUT2D eigenvalue weighted by molar-refractivity contribution is 5.88. The van der Waals surface area contributed by atoms with Gasteiger partial charge in [-0.1, -0.05) is 13.3 Å². The van der Waals surface area contributed by atoms with Gasteiger partial charge in [-0.3, -0.25) is 0 Å². The van der Waals surface area contributed by atoms with Crippen LogP contribution in [0.2, 0.25) is 0 Å². The molecule has 2 atom stereocenters. The van der Waals surface area contributed by atoms with Gasteiger partial charge in [0, 0.05) is 12.2 Å². The largest absolute Gasteiger partial charge is 0.478 e. The van der Waals surface area contributed by atoms with E-state index in [1.165, 1.54) is 31.5 Å². The summed E-state index contributed by atoms with van der Waals surface area (Å²) in [5.41, 5.74) is 0.283. The van der Waals surface area contributed by atoms with Gasteiger partial charge in [0.2, 0.25) is 0 Å². The number of nitrogens with zero attached hydrogens (tertiary/aromatic N) is 1. The van der Waals surface area contributed by atoms with E-state index in [9.17, 15) is 4.79 Å². The van der Waals surface area contributed by atoms with Crippen LogP contribution in [0.3, 0.4) is 0 Å². The molecule has 0 amide bonds. The quantitative estimate of drug-likeness (QED) is 0.799. The SMILES string of the molecule is CCCC1CC1Nc1cc(C(=O)O)ccn1. The van der Waals surface area contributed by atoms with E-state index in [1.54, 1.807) is 6.07 Å². The number of pyridine rings is 1. The molecule has 1 aliphatic carbocycles. The predicted molar refractivity (Wildman–Crippen MR) is 61.6 cm³/mol. The van der Waals surface area contributed by atoms with Crippen molar-refractivity contribution in [3.05, 3.63) is 23.9 Å². The van der Waals surface area contributed by atoms with Crippen molar-refractivity contribution in [3.63, 3.8) is 0 Å². The number of hydrogen-bond donors (Lipinski definition) is 2. The monoisotopic (exact) mass is 220 g/mol. The van der Waals surface area contributed by atoms with Gasteiger partial charge in [-0.15, -0.1) is 0 Å². The molecule has 86 valence electrons. The van der Waals surface area contributed by atoms with E-state index < -0.39 is 5.97 Å². The maximum Gasteiger partial charge on any atom is 0.335 e. The summed E-state index contributed by atoms with van der Waals surface area (Å²) in [6.07, 6.45) is 5.14. The molecule has 2 N–H and O–H groups in total. The molecule has 1 aromatic rings. The average Bonchev–Trinajstić information content (AvgIpc) is 2.97. The number of rotatable bonds is 5. The van der Waals surface area contributed by atoms with Gasteiger partial charge >= 0.3 is 5.97 Å². The second kappa shape index (κ2) is 4.51. The normalized spacial score (nSPS) is 22.8. The zero-order valence-corrected chi connectivity index (χ0v) is 9.31. The molecule has 1 fully saturated rings. The summed E-state index contributed by atoms with van der Waals surface area (Å²) >= 11 is 0. The Hall–Kier alpha value is -1.58. The molecule has 1 heterocycles. The van der Waals surface area contributed by atoms with Gasteiger partial charge in [0.25, 0.3) is 0 Å². The van der Waals surface area contributed by atoms with Crippen LogP contribution in [-0.2, 0) is 0 Å². The Labute approximate surface area is 94.7 Å². The van der Waals surface area contributed by atoms with Gasteiger partial charge in [0.05, 0.1) is 5.56 Å². The molecule has 0 radical (unpaired) electrons. The standard InChI is InChI=1S/C12H16N2O2/c1-2-3-8-6-10(8)14-11-7-9(12(15)16)4-5-13-11/h4-5,7-8,10H,2-3,6H2,1H3,(H,13,14)(H,15,16). The summed E-state index contributed by atoms with van der Waals surface area (Å²) in [4.78, 5) is 14.9. The first-order valence-electron chi connectivity index (χ1n) is 5.66.